The topological polar surface area (TPSA) is 82.5 Å². The van der Waals surface area contributed by atoms with Gasteiger partial charge in [0.05, 0.1) is 11.7 Å². The Morgan fingerprint density at radius 3 is 2.81 bits per heavy atom. The minimum atomic E-state index is -0.270. The number of rotatable bonds is 5. The van der Waals surface area contributed by atoms with E-state index in [1.54, 1.807) is 0 Å². The van der Waals surface area contributed by atoms with Crippen LogP contribution in [0.2, 0.25) is 0 Å². The Morgan fingerprint density at radius 2 is 1.97 bits per heavy atom. The molecule has 0 aliphatic carbocycles. The van der Waals surface area contributed by atoms with Crippen molar-refractivity contribution in [1.82, 2.24) is 14.9 Å². The van der Waals surface area contributed by atoms with E-state index in [1.165, 1.54) is 22.2 Å². The van der Waals surface area contributed by atoms with Crippen LogP contribution in [0.25, 0.3) is 21.3 Å². The van der Waals surface area contributed by atoms with Crippen LogP contribution in [0.1, 0.15) is 11.1 Å². The van der Waals surface area contributed by atoms with E-state index in [0.717, 1.165) is 22.3 Å². The molecule has 0 saturated carbocycles. The zero-order valence-corrected chi connectivity index (χ0v) is 17.6. The molecule has 0 atom stereocenters. The molecule has 3 heterocycles. The summed E-state index contributed by atoms with van der Waals surface area (Å²) in [6.45, 7) is 2.45. The van der Waals surface area contributed by atoms with Gasteiger partial charge in [0, 0.05) is 17.5 Å². The highest BCUT2D eigenvalue weighted by Gasteiger charge is 2.16. The highest BCUT2D eigenvalue weighted by atomic mass is 32.1. The zero-order chi connectivity index (χ0) is 21.4. The number of hydrogen-bond donors (Lipinski definition) is 1. The number of ether oxygens (including phenoxy) is 2. The fourth-order valence-corrected chi connectivity index (χ4v) is 4.39. The van der Waals surface area contributed by atoms with Crippen molar-refractivity contribution in [2.45, 2.75) is 20.0 Å². The van der Waals surface area contributed by atoms with Crippen molar-refractivity contribution in [1.29, 1.82) is 0 Å². The van der Waals surface area contributed by atoms with E-state index in [-0.39, 0.29) is 24.8 Å². The number of nitrogens with one attached hydrogen (secondary N) is 1. The molecule has 0 radical (unpaired) electrons. The largest absolute Gasteiger partial charge is 0.454 e. The molecule has 31 heavy (non-hydrogen) atoms. The van der Waals surface area contributed by atoms with Gasteiger partial charge in [-0.15, -0.1) is 11.3 Å². The second kappa shape index (κ2) is 7.88. The summed E-state index contributed by atoms with van der Waals surface area (Å²) in [5.41, 5.74) is 3.62. The van der Waals surface area contributed by atoms with E-state index < -0.39 is 0 Å². The maximum absolute atomic E-state index is 13.1. The lowest BCUT2D eigenvalue weighted by Crippen LogP contribution is -2.32. The molecule has 4 aromatic rings. The third-order valence-electron chi connectivity index (χ3n) is 5.16. The Hall–Kier alpha value is -3.65. The molecule has 1 amide bonds. The van der Waals surface area contributed by atoms with Gasteiger partial charge in [-0.3, -0.25) is 14.2 Å². The summed E-state index contributed by atoms with van der Waals surface area (Å²) < 4.78 is 12.0. The molecule has 0 bridgehead atoms. The molecule has 1 aliphatic rings. The van der Waals surface area contributed by atoms with Crippen molar-refractivity contribution >= 4 is 27.5 Å². The summed E-state index contributed by atoms with van der Waals surface area (Å²) in [5, 5.41) is 5.32. The number of hydrogen-bond acceptors (Lipinski definition) is 6. The van der Waals surface area contributed by atoms with Crippen LogP contribution >= 0.6 is 11.3 Å². The predicted octanol–water partition coefficient (Wildman–Crippen LogP) is 3.48. The molecule has 7 nitrogen and oxygen atoms in total. The van der Waals surface area contributed by atoms with Crippen LogP contribution in [0, 0.1) is 6.92 Å². The maximum atomic E-state index is 13.1. The molecule has 0 spiro atoms. The van der Waals surface area contributed by atoms with Gasteiger partial charge in [-0.05, 0) is 30.2 Å². The van der Waals surface area contributed by atoms with Crippen LogP contribution in [0.3, 0.4) is 0 Å². The van der Waals surface area contributed by atoms with Gasteiger partial charge in [-0.2, -0.15) is 0 Å². The minimum absolute atomic E-state index is 0.102. The van der Waals surface area contributed by atoms with Crippen molar-refractivity contribution in [3.05, 3.63) is 75.7 Å². The first-order valence-electron chi connectivity index (χ1n) is 9.77. The molecule has 0 saturated heterocycles. The van der Waals surface area contributed by atoms with E-state index in [0.29, 0.717) is 28.3 Å². The van der Waals surface area contributed by atoms with Crippen LogP contribution in [-0.4, -0.2) is 22.3 Å². The van der Waals surface area contributed by atoms with E-state index in [4.69, 9.17) is 9.47 Å². The zero-order valence-electron chi connectivity index (χ0n) is 16.8. The Kier molecular flexibility index (Phi) is 4.91. The fourth-order valence-electron chi connectivity index (χ4n) is 3.49. The summed E-state index contributed by atoms with van der Waals surface area (Å²) >= 11 is 1.42. The third-order valence-corrected chi connectivity index (χ3v) is 6.05. The van der Waals surface area contributed by atoms with Crippen molar-refractivity contribution in [2.75, 3.05) is 6.79 Å². The van der Waals surface area contributed by atoms with Crippen molar-refractivity contribution in [2.24, 2.45) is 0 Å². The van der Waals surface area contributed by atoms with Crippen molar-refractivity contribution in [3.8, 4) is 22.6 Å². The molecular weight excluding hydrogens is 414 g/mol. The summed E-state index contributed by atoms with van der Waals surface area (Å²) in [5.74, 6) is 1.09. The Labute approximate surface area is 181 Å². The van der Waals surface area contributed by atoms with Gasteiger partial charge < -0.3 is 14.8 Å². The quantitative estimate of drug-likeness (QED) is 0.521. The number of thiophene rings is 1. The normalized spacial score (nSPS) is 12.3. The van der Waals surface area contributed by atoms with Gasteiger partial charge in [0.15, 0.2) is 11.5 Å². The van der Waals surface area contributed by atoms with Crippen molar-refractivity contribution < 1.29 is 14.3 Å². The molecule has 1 aliphatic heterocycles. The third kappa shape index (κ3) is 3.77. The molecule has 0 fully saturated rings. The molecule has 0 unspecified atom stereocenters. The van der Waals surface area contributed by atoms with Crippen LogP contribution in [-0.2, 0) is 17.9 Å². The van der Waals surface area contributed by atoms with E-state index in [1.807, 2.05) is 54.8 Å². The molecule has 1 N–H and O–H groups in total. The molecule has 2 aromatic heterocycles. The minimum Gasteiger partial charge on any atom is -0.454 e. The lowest BCUT2D eigenvalue weighted by atomic mass is 10.1. The number of amides is 1. The van der Waals surface area contributed by atoms with E-state index in [2.05, 4.69) is 10.3 Å². The van der Waals surface area contributed by atoms with Gasteiger partial charge in [0.1, 0.15) is 11.4 Å². The maximum Gasteiger partial charge on any atom is 0.263 e. The van der Waals surface area contributed by atoms with Gasteiger partial charge in [0.2, 0.25) is 12.7 Å². The number of fused-ring (bicyclic) bond motifs is 2. The highest BCUT2D eigenvalue weighted by molar-refractivity contribution is 7.17. The number of nitrogens with zero attached hydrogens (tertiary/aromatic N) is 2. The Balaban J connectivity index is 1.34. The molecule has 5 rings (SSSR count). The lowest BCUT2D eigenvalue weighted by molar-refractivity contribution is -0.121. The lowest BCUT2D eigenvalue weighted by Gasteiger charge is -2.08. The monoisotopic (exact) mass is 433 g/mol. The first kappa shape index (κ1) is 19.3. The molecule has 8 heteroatoms. The second-order valence-corrected chi connectivity index (χ2v) is 8.20. The second-order valence-electron chi connectivity index (χ2n) is 7.34. The van der Waals surface area contributed by atoms with Crippen LogP contribution < -0.4 is 20.3 Å². The van der Waals surface area contributed by atoms with Gasteiger partial charge >= 0.3 is 0 Å². The van der Waals surface area contributed by atoms with E-state index >= 15 is 0 Å². The smallest absolute Gasteiger partial charge is 0.263 e. The predicted molar refractivity (Wildman–Crippen MR) is 118 cm³/mol. The molecule has 2 aromatic carbocycles. The first-order chi connectivity index (χ1) is 15.1. The van der Waals surface area contributed by atoms with E-state index in [9.17, 15) is 9.59 Å². The number of benzene rings is 2. The number of carbonyl (C=O) groups is 1. The van der Waals surface area contributed by atoms with Crippen LogP contribution in [0.5, 0.6) is 11.5 Å². The summed E-state index contributed by atoms with van der Waals surface area (Å²) in [7, 11) is 0. The number of aryl methyl sites for hydroxylation is 1. The van der Waals surface area contributed by atoms with Crippen LogP contribution in [0.15, 0.2) is 59.0 Å². The fraction of sp³-hybridized carbons (Fsp3) is 0.174. The number of aromatic nitrogens is 2. The average molecular weight is 433 g/mol. The van der Waals surface area contributed by atoms with Gasteiger partial charge in [-0.1, -0.05) is 35.9 Å². The SMILES string of the molecule is Cc1ccc(-c2csc3ncn(CC(=O)NCc4ccc5c(c4)OCO5)c(=O)c23)cc1. The standard InChI is InChI=1S/C23H19N3O4S/c1-14-2-5-16(6-3-14)17-11-31-22-21(17)23(28)26(12-25-22)10-20(27)24-9-15-4-7-18-19(8-15)30-13-29-18/h2-8,11-12H,9-10,13H2,1H3,(H,24,27). The summed E-state index contributed by atoms with van der Waals surface area (Å²) in [6.07, 6.45) is 1.43. The molecular formula is C23H19N3O4S. The molecule has 156 valence electrons. The number of carbonyl (C=O) groups excluding carboxylic acids is 1. The first-order valence-corrected chi connectivity index (χ1v) is 10.7. The average Bonchev–Trinajstić information content (AvgIpc) is 3.42. The Bertz CT molecular complexity index is 1340. The van der Waals surface area contributed by atoms with Gasteiger partial charge in [0.25, 0.3) is 5.56 Å². The van der Waals surface area contributed by atoms with Crippen molar-refractivity contribution in [3.63, 3.8) is 0 Å². The Morgan fingerprint density at radius 1 is 1.16 bits per heavy atom. The summed E-state index contributed by atoms with van der Waals surface area (Å²) in [4.78, 5) is 30.6. The summed E-state index contributed by atoms with van der Waals surface area (Å²) in [6, 6.07) is 13.5. The highest BCUT2D eigenvalue weighted by Crippen LogP contribution is 2.32. The van der Waals surface area contributed by atoms with Crippen LogP contribution in [0.4, 0.5) is 0 Å². The van der Waals surface area contributed by atoms with Gasteiger partial charge in [-0.25, -0.2) is 4.98 Å².